The van der Waals surface area contributed by atoms with Gasteiger partial charge in [0.2, 0.25) is 0 Å². The lowest BCUT2D eigenvalue weighted by molar-refractivity contribution is -0.385. The van der Waals surface area contributed by atoms with Crippen LogP contribution in [0, 0.1) is 10.1 Å². The second kappa shape index (κ2) is 6.96. The van der Waals surface area contributed by atoms with E-state index in [4.69, 9.17) is 16.3 Å². The zero-order chi connectivity index (χ0) is 13.5. The molecular weight excluding hydrogens is 258 g/mol. The predicted octanol–water partition coefficient (Wildman–Crippen LogP) is 3.39. The van der Waals surface area contributed by atoms with E-state index < -0.39 is 4.92 Å². The molecule has 1 aromatic rings. The number of hydrogen-bond donors (Lipinski definition) is 0. The Kier molecular flexibility index (Phi) is 5.58. The Hall–Kier alpha value is -1.62. The van der Waals surface area contributed by atoms with Crippen molar-refractivity contribution in [3.63, 3.8) is 0 Å². The molecule has 0 N–H and O–H groups in total. The molecule has 0 fully saturated rings. The van der Waals surface area contributed by atoms with E-state index in [1.165, 1.54) is 18.2 Å². The van der Waals surface area contributed by atoms with Crippen LogP contribution in [0.2, 0.25) is 5.02 Å². The van der Waals surface area contributed by atoms with Crippen LogP contribution >= 0.6 is 11.6 Å². The molecule has 0 unspecified atom stereocenters. The molecule has 6 heteroatoms. The minimum Gasteiger partial charge on any atom is -0.487 e. The van der Waals surface area contributed by atoms with Gasteiger partial charge in [-0.3, -0.25) is 14.9 Å². The molecule has 0 spiro atoms. The molecule has 0 amide bonds. The average Bonchev–Trinajstić information content (AvgIpc) is 2.34. The van der Waals surface area contributed by atoms with Crippen LogP contribution < -0.4 is 4.74 Å². The minimum absolute atomic E-state index is 0.124. The van der Waals surface area contributed by atoms with Crippen LogP contribution in [-0.4, -0.2) is 17.3 Å². The van der Waals surface area contributed by atoms with Crippen LogP contribution in [0.4, 0.5) is 5.69 Å². The monoisotopic (exact) mass is 271 g/mol. The third-order valence-corrected chi connectivity index (χ3v) is 2.61. The van der Waals surface area contributed by atoms with Gasteiger partial charge >= 0.3 is 5.69 Å². The molecule has 5 nitrogen and oxygen atoms in total. The molecule has 0 aliphatic heterocycles. The summed E-state index contributed by atoms with van der Waals surface area (Å²) >= 11 is 5.75. The molecular formula is C12H14ClNO4. The fourth-order valence-corrected chi connectivity index (χ4v) is 1.54. The Morgan fingerprint density at radius 3 is 2.83 bits per heavy atom. The van der Waals surface area contributed by atoms with Crippen LogP contribution in [0.15, 0.2) is 18.2 Å². The van der Waals surface area contributed by atoms with Crippen LogP contribution in [0.5, 0.6) is 5.75 Å². The van der Waals surface area contributed by atoms with Gasteiger partial charge in [-0.2, -0.15) is 0 Å². The van der Waals surface area contributed by atoms with Gasteiger partial charge in [-0.1, -0.05) is 18.5 Å². The van der Waals surface area contributed by atoms with Crippen LogP contribution in [0.25, 0.3) is 0 Å². The Morgan fingerprint density at radius 2 is 2.22 bits per heavy atom. The highest BCUT2D eigenvalue weighted by molar-refractivity contribution is 6.30. The summed E-state index contributed by atoms with van der Waals surface area (Å²) in [6.45, 7) is 2.05. The normalized spacial score (nSPS) is 10.1. The van der Waals surface area contributed by atoms with E-state index >= 15 is 0 Å². The SMILES string of the molecule is CCC(=O)CCCOc1cc(Cl)ccc1[N+](=O)[O-]. The number of nitro benzene ring substituents is 1. The maximum atomic E-state index is 11.1. The molecule has 0 aromatic heterocycles. The standard InChI is InChI=1S/C12H14ClNO4/c1-2-10(15)4-3-7-18-12-8-9(13)5-6-11(12)14(16)17/h5-6,8H,2-4,7H2,1H3. The average molecular weight is 272 g/mol. The highest BCUT2D eigenvalue weighted by atomic mass is 35.5. The largest absolute Gasteiger partial charge is 0.487 e. The Balaban J connectivity index is 2.58. The van der Waals surface area contributed by atoms with Gasteiger partial charge in [-0.05, 0) is 12.5 Å². The maximum Gasteiger partial charge on any atom is 0.311 e. The summed E-state index contributed by atoms with van der Waals surface area (Å²) in [5.41, 5.74) is -0.124. The smallest absolute Gasteiger partial charge is 0.311 e. The second-order valence-electron chi connectivity index (χ2n) is 3.71. The topological polar surface area (TPSA) is 69.4 Å². The zero-order valence-corrected chi connectivity index (χ0v) is 10.8. The van der Waals surface area contributed by atoms with Gasteiger partial charge in [0.05, 0.1) is 11.5 Å². The lowest BCUT2D eigenvalue weighted by atomic mass is 10.2. The van der Waals surface area contributed by atoms with Gasteiger partial charge in [-0.25, -0.2) is 0 Å². The van der Waals surface area contributed by atoms with E-state index in [1.54, 1.807) is 6.92 Å². The molecule has 0 atom stereocenters. The molecule has 0 saturated carbocycles. The number of halogens is 1. The van der Waals surface area contributed by atoms with E-state index in [-0.39, 0.29) is 23.8 Å². The molecule has 0 aliphatic carbocycles. The fourth-order valence-electron chi connectivity index (χ4n) is 1.38. The molecule has 18 heavy (non-hydrogen) atoms. The van der Waals surface area contributed by atoms with Crippen molar-refractivity contribution in [2.24, 2.45) is 0 Å². The summed E-state index contributed by atoms with van der Waals surface area (Å²) in [5, 5.41) is 11.1. The molecule has 0 aliphatic rings. The first-order valence-corrected chi connectivity index (χ1v) is 6.00. The predicted molar refractivity (Wildman–Crippen MR) is 68.1 cm³/mol. The van der Waals surface area contributed by atoms with Crippen molar-refractivity contribution in [2.75, 3.05) is 6.61 Å². The number of rotatable bonds is 7. The summed E-state index contributed by atoms with van der Waals surface area (Å²) in [6, 6.07) is 4.14. The third kappa shape index (κ3) is 4.33. The van der Waals surface area contributed by atoms with Crippen molar-refractivity contribution >= 4 is 23.1 Å². The molecule has 0 saturated heterocycles. The number of carbonyl (C=O) groups is 1. The summed E-state index contributed by atoms with van der Waals surface area (Å²) in [7, 11) is 0. The van der Waals surface area contributed by atoms with Crippen molar-refractivity contribution < 1.29 is 14.5 Å². The Morgan fingerprint density at radius 1 is 1.50 bits per heavy atom. The van der Waals surface area contributed by atoms with Gasteiger partial charge in [0.15, 0.2) is 5.75 Å². The van der Waals surface area contributed by atoms with Crippen LogP contribution in [0.1, 0.15) is 26.2 Å². The van der Waals surface area contributed by atoms with Crippen LogP contribution in [-0.2, 0) is 4.79 Å². The number of ketones is 1. The minimum atomic E-state index is -0.525. The number of Topliss-reactive ketones (excluding diaryl/α,β-unsaturated/α-hetero) is 1. The fraction of sp³-hybridized carbons (Fsp3) is 0.417. The first kappa shape index (κ1) is 14.4. The number of nitrogens with zero attached hydrogens (tertiary/aromatic N) is 1. The third-order valence-electron chi connectivity index (χ3n) is 2.37. The van der Waals surface area contributed by atoms with Gasteiger partial charge in [0.25, 0.3) is 0 Å². The van der Waals surface area contributed by atoms with E-state index in [0.717, 1.165) is 0 Å². The van der Waals surface area contributed by atoms with Gasteiger partial charge in [0.1, 0.15) is 5.78 Å². The number of nitro groups is 1. The summed E-state index contributed by atoms with van der Waals surface area (Å²) in [4.78, 5) is 21.3. The second-order valence-corrected chi connectivity index (χ2v) is 4.15. The molecule has 1 rings (SSSR count). The van der Waals surface area contributed by atoms with Crippen LogP contribution in [0.3, 0.4) is 0 Å². The molecule has 1 aromatic carbocycles. The zero-order valence-electron chi connectivity index (χ0n) is 10.0. The van der Waals surface area contributed by atoms with E-state index in [9.17, 15) is 14.9 Å². The van der Waals surface area contributed by atoms with Crippen molar-refractivity contribution in [3.05, 3.63) is 33.3 Å². The Labute approximate surface area is 110 Å². The van der Waals surface area contributed by atoms with Gasteiger partial charge in [0, 0.05) is 30.0 Å². The highest BCUT2D eigenvalue weighted by Crippen LogP contribution is 2.29. The first-order chi connectivity index (χ1) is 8.54. The summed E-state index contributed by atoms with van der Waals surface area (Å²) in [5.74, 6) is 0.288. The first-order valence-electron chi connectivity index (χ1n) is 5.63. The quantitative estimate of drug-likeness (QED) is 0.433. The van der Waals surface area contributed by atoms with E-state index in [1.807, 2.05) is 0 Å². The number of hydrogen-bond acceptors (Lipinski definition) is 4. The lowest BCUT2D eigenvalue weighted by Crippen LogP contribution is -2.03. The van der Waals surface area contributed by atoms with Gasteiger partial charge < -0.3 is 4.74 Å². The summed E-state index contributed by atoms with van der Waals surface area (Å²) < 4.78 is 5.30. The molecule has 0 heterocycles. The molecule has 0 radical (unpaired) electrons. The number of ether oxygens (including phenoxy) is 1. The molecule has 98 valence electrons. The van der Waals surface area contributed by atoms with Crippen molar-refractivity contribution in [3.8, 4) is 5.75 Å². The van der Waals surface area contributed by atoms with Crippen molar-refractivity contribution in [1.82, 2.24) is 0 Å². The van der Waals surface area contributed by atoms with Crippen molar-refractivity contribution in [2.45, 2.75) is 26.2 Å². The Bertz CT molecular complexity index is 448. The number of benzene rings is 1. The number of carbonyl (C=O) groups excluding carboxylic acids is 1. The van der Waals surface area contributed by atoms with E-state index in [2.05, 4.69) is 0 Å². The maximum absolute atomic E-state index is 11.1. The van der Waals surface area contributed by atoms with E-state index in [0.29, 0.717) is 24.3 Å². The van der Waals surface area contributed by atoms with Crippen molar-refractivity contribution in [1.29, 1.82) is 0 Å². The lowest BCUT2D eigenvalue weighted by Gasteiger charge is -2.06. The highest BCUT2D eigenvalue weighted by Gasteiger charge is 2.15. The molecule has 0 bridgehead atoms. The van der Waals surface area contributed by atoms with Gasteiger partial charge in [-0.15, -0.1) is 0 Å². The summed E-state index contributed by atoms with van der Waals surface area (Å²) in [6.07, 6.45) is 1.46.